The van der Waals surface area contributed by atoms with Crippen LogP contribution in [0.15, 0.2) is 22.7 Å². The number of ether oxygens (including phenoxy) is 1. The van der Waals surface area contributed by atoms with Gasteiger partial charge in [0.2, 0.25) is 5.82 Å². The summed E-state index contributed by atoms with van der Waals surface area (Å²) >= 11 is 0. The van der Waals surface area contributed by atoms with Gasteiger partial charge in [0.25, 0.3) is 5.89 Å². The fourth-order valence-electron chi connectivity index (χ4n) is 2.29. The number of hydrogen-bond acceptors (Lipinski definition) is 5. The topological polar surface area (TPSA) is 74.2 Å². The minimum atomic E-state index is -0.484. The van der Waals surface area contributed by atoms with E-state index in [9.17, 15) is 4.39 Å². The zero-order valence-corrected chi connectivity index (χ0v) is 10.5. The van der Waals surface area contributed by atoms with Crippen molar-refractivity contribution in [2.75, 3.05) is 12.8 Å². The second-order valence-corrected chi connectivity index (χ2v) is 4.68. The summed E-state index contributed by atoms with van der Waals surface area (Å²) in [6, 6.07) is 4.44. The van der Waals surface area contributed by atoms with E-state index in [4.69, 9.17) is 15.0 Å². The lowest BCUT2D eigenvalue weighted by Crippen LogP contribution is -2.37. The quantitative estimate of drug-likeness (QED) is 0.861. The molecular weight excluding hydrogens is 249 g/mol. The lowest BCUT2D eigenvalue weighted by molar-refractivity contribution is -0.0858. The zero-order valence-electron chi connectivity index (χ0n) is 10.5. The van der Waals surface area contributed by atoms with Crippen LogP contribution in [0.25, 0.3) is 11.5 Å². The second-order valence-electron chi connectivity index (χ2n) is 4.68. The van der Waals surface area contributed by atoms with Crippen molar-refractivity contribution in [1.82, 2.24) is 10.1 Å². The molecule has 1 heterocycles. The molecule has 0 aliphatic heterocycles. The third-order valence-corrected chi connectivity index (χ3v) is 3.65. The summed E-state index contributed by atoms with van der Waals surface area (Å²) in [4.78, 5) is 4.24. The third kappa shape index (κ3) is 1.79. The van der Waals surface area contributed by atoms with E-state index in [-0.39, 0.29) is 17.1 Å². The van der Waals surface area contributed by atoms with E-state index in [2.05, 4.69) is 10.1 Å². The van der Waals surface area contributed by atoms with E-state index in [0.717, 1.165) is 19.3 Å². The van der Waals surface area contributed by atoms with Gasteiger partial charge in [-0.3, -0.25) is 0 Å². The van der Waals surface area contributed by atoms with Gasteiger partial charge in [0.05, 0.1) is 5.56 Å². The molecule has 5 nitrogen and oxygen atoms in total. The van der Waals surface area contributed by atoms with Gasteiger partial charge in [-0.25, -0.2) is 4.39 Å². The van der Waals surface area contributed by atoms with Crippen molar-refractivity contribution in [2.24, 2.45) is 0 Å². The summed E-state index contributed by atoms with van der Waals surface area (Å²) in [5.74, 6) is 0.0723. The van der Waals surface area contributed by atoms with Gasteiger partial charge in [0.15, 0.2) is 0 Å². The molecule has 0 saturated heterocycles. The molecule has 19 heavy (non-hydrogen) atoms. The van der Waals surface area contributed by atoms with Crippen molar-refractivity contribution in [2.45, 2.75) is 24.9 Å². The van der Waals surface area contributed by atoms with Crippen LogP contribution in [0.3, 0.4) is 0 Å². The Labute approximate surface area is 109 Å². The zero-order chi connectivity index (χ0) is 13.5. The highest BCUT2D eigenvalue weighted by Crippen LogP contribution is 2.43. The Hall–Kier alpha value is -1.95. The molecule has 0 unspecified atom stereocenters. The number of benzene rings is 1. The minimum Gasteiger partial charge on any atom is -0.398 e. The predicted molar refractivity (Wildman–Crippen MR) is 66.6 cm³/mol. The number of anilines is 1. The fourth-order valence-corrected chi connectivity index (χ4v) is 2.29. The van der Waals surface area contributed by atoms with Gasteiger partial charge in [-0.15, -0.1) is 0 Å². The van der Waals surface area contributed by atoms with Gasteiger partial charge >= 0.3 is 0 Å². The molecule has 0 spiro atoms. The number of hydrogen-bond donors (Lipinski definition) is 1. The Morgan fingerprint density at radius 3 is 2.79 bits per heavy atom. The molecule has 3 rings (SSSR count). The van der Waals surface area contributed by atoms with E-state index in [1.807, 2.05) is 0 Å². The first-order valence-corrected chi connectivity index (χ1v) is 6.10. The van der Waals surface area contributed by atoms with Gasteiger partial charge in [-0.05, 0) is 31.4 Å². The Morgan fingerprint density at radius 2 is 2.21 bits per heavy atom. The molecule has 1 saturated carbocycles. The van der Waals surface area contributed by atoms with Crippen molar-refractivity contribution in [1.29, 1.82) is 0 Å². The maximum absolute atomic E-state index is 13.8. The van der Waals surface area contributed by atoms with Crippen LogP contribution in [-0.4, -0.2) is 17.3 Å². The molecule has 0 atom stereocenters. The van der Waals surface area contributed by atoms with Crippen molar-refractivity contribution in [3.05, 3.63) is 29.8 Å². The molecule has 1 aromatic heterocycles. The second kappa shape index (κ2) is 4.31. The van der Waals surface area contributed by atoms with Crippen LogP contribution in [-0.2, 0) is 10.3 Å². The van der Waals surface area contributed by atoms with Crippen molar-refractivity contribution in [3.63, 3.8) is 0 Å². The first-order valence-electron chi connectivity index (χ1n) is 6.10. The number of halogens is 1. The van der Waals surface area contributed by atoms with Crippen LogP contribution in [0.2, 0.25) is 0 Å². The van der Waals surface area contributed by atoms with E-state index in [1.54, 1.807) is 13.2 Å². The largest absolute Gasteiger partial charge is 0.398 e. The number of methoxy groups -OCH3 is 1. The summed E-state index contributed by atoms with van der Waals surface area (Å²) in [5.41, 5.74) is 5.69. The van der Waals surface area contributed by atoms with E-state index >= 15 is 0 Å². The van der Waals surface area contributed by atoms with E-state index < -0.39 is 11.4 Å². The highest BCUT2D eigenvalue weighted by atomic mass is 19.1. The van der Waals surface area contributed by atoms with Gasteiger partial charge in [0, 0.05) is 12.8 Å². The van der Waals surface area contributed by atoms with Gasteiger partial charge < -0.3 is 15.0 Å². The van der Waals surface area contributed by atoms with Crippen LogP contribution in [0.5, 0.6) is 0 Å². The summed E-state index contributed by atoms with van der Waals surface area (Å²) in [6.07, 6.45) is 2.74. The molecule has 0 radical (unpaired) electrons. The summed E-state index contributed by atoms with van der Waals surface area (Å²) in [6.45, 7) is 0. The molecule has 2 aromatic rings. The molecule has 6 heteroatoms. The third-order valence-electron chi connectivity index (χ3n) is 3.65. The standard InChI is InChI=1S/C13H14FN3O2/c1-18-13(6-3-7-13)12-16-11(19-17-12)10-8(14)4-2-5-9(10)15/h2,4-5H,3,6-7,15H2,1H3. The van der Waals surface area contributed by atoms with Crippen molar-refractivity contribution >= 4 is 5.69 Å². The predicted octanol–water partition coefficient (Wildman–Crippen LogP) is 2.48. The van der Waals surface area contributed by atoms with Gasteiger partial charge in [0.1, 0.15) is 11.4 Å². The molecule has 0 amide bonds. The van der Waals surface area contributed by atoms with Gasteiger partial charge in [-0.1, -0.05) is 11.2 Å². The fraction of sp³-hybridized carbons (Fsp3) is 0.385. The summed E-state index contributed by atoms with van der Waals surface area (Å²) < 4.78 is 24.4. The normalized spacial score (nSPS) is 17.2. The van der Waals surface area contributed by atoms with E-state index in [0.29, 0.717) is 5.82 Å². The maximum Gasteiger partial charge on any atom is 0.263 e. The van der Waals surface area contributed by atoms with Crippen molar-refractivity contribution < 1.29 is 13.7 Å². The number of nitrogens with zero attached hydrogens (tertiary/aromatic N) is 2. The van der Waals surface area contributed by atoms with E-state index in [1.165, 1.54) is 12.1 Å². The van der Waals surface area contributed by atoms with Crippen LogP contribution in [0.1, 0.15) is 25.1 Å². The molecule has 1 aromatic carbocycles. The smallest absolute Gasteiger partial charge is 0.263 e. The lowest BCUT2D eigenvalue weighted by atomic mass is 9.79. The lowest BCUT2D eigenvalue weighted by Gasteiger charge is -2.37. The number of rotatable bonds is 3. The Bertz CT molecular complexity index is 582. The molecule has 100 valence electrons. The Balaban J connectivity index is 2.02. The molecule has 0 bridgehead atoms. The molecule has 1 aliphatic carbocycles. The highest BCUT2D eigenvalue weighted by Gasteiger charge is 2.43. The summed E-state index contributed by atoms with van der Waals surface area (Å²) in [7, 11) is 1.62. The van der Waals surface area contributed by atoms with Crippen LogP contribution >= 0.6 is 0 Å². The van der Waals surface area contributed by atoms with Gasteiger partial charge in [-0.2, -0.15) is 4.98 Å². The highest BCUT2D eigenvalue weighted by molar-refractivity contribution is 5.70. The number of nitrogens with two attached hydrogens (primary N) is 1. The Morgan fingerprint density at radius 1 is 1.42 bits per heavy atom. The first kappa shape index (κ1) is 12.1. The molecule has 2 N–H and O–H groups in total. The number of aromatic nitrogens is 2. The maximum atomic E-state index is 13.8. The average molecular weight is 263 g/mol. The monoisotopic (exact) mass is 263 g/mol. The van der Waals surface area contributed by atoms with Crippen LogP contribution < -0.4 is 5.73 Å². The Kier molecular flexibility index (Phi) is 2.74. The average Bonchev–Trinajstić information content (AvgIpc) is 2.78. The van der Waals surface area contributed by atoms with Crippen LogP contribution in [0, 0.1) is 5.82 Å². The summed E-state index contributed by atoms with van der Waals surface area (Å²) in [5, 5.41) is 3.91. The minimum absolute atomic E-state index is 0.0916. The van der Waals surface area contributed by atoms with Crippen LogP contribution in [0.4, 0.5) is 10.1 Å². The van der Waals surface area contributed by atoms with Crippen molar-refractivity contribution in [3.8, 4) is 11.5 Å². The molecule has 1 fully saturated rings. The SMILES string of the molecule is COC1(c2noc(-c3c(N)cccc3F)n2)CCC1. The molecular formula is C13H14FN3O2. The number of nitrogen functional groups attached to an aromatic ring is 1. The molecule has 1 aliphatic rings. The first-order chi connectivity index (χ1) is 9.16.